The second kappa shape index (κ2) is 7.68. The van der Waals surface area contributed by atoms with Crippen LogP contribution < -0.4 is 15.5 Å². The molecule has 2 saturated heterocycles. The Hall–Kier alpha value is -2.43. The molecule has 2 aliphatic heterocycles. The van der Waals surface area contributed by atoms with E-state index in [1.54, 1.807) is 12.3 Å². The van der Waals surface area contributed by atoms with Crippen LogP contribution in [0.5, 0.6) is 0 Å². The highest BCUT2D eigenvalue weighted by molar-refractivity contribution is 6.36. The molecule has 3 heterocycles. The van der Waals surface area contributed by atoms with E-state index < -0.39 is 0 Å². The average Bonchev–Trinajstić information content (AvgIpc) is 3.30. The number of H-pyrrole nitrogens is 1. The summed E-state index contributed by atoms with van der Waals surface area (Å²) >= 11 is 6.84. The molecule has 1 aromatic carbocycles. The SMILES string of the molecule is CN1CCC2(CC1)CCN(c1cc(C#N)cc(Nc3ncc(NC4CC4)[nH]3)c1Cl)C2. The van der Waals surface area contributed by atoms with Crippen LogP contribution in [0, 0.1) is 16.7 Å². The largest absolute Gasteiger partial charge is 0.370 e. The van der Waals surface area contributed by atoms with Crippen molar-refractivity contribution < 1.29 is 0 Å². The zero-order valence-electron chi connectivity index (χ0n) is 17.3. The summed E-state index contributed by atoms with van der Waals surface area (Å²) in [6, 6.07) is 6.55. The minimum atomic E-state index is 0.371. The fourth-order valence-electron chi connectivity index (χ4n) is 4.67. The molecule has 0 amide bonds. The zero-order valence-corrected chi connectivity index (χ0v) is 18.1. The third kappa shape index (κ3) is 3.94. The van der Waals surface area contributed by atoms with E-state index in [2.05, 4.69) is 43.5 Å². The highest BCUT2D eigenvalue weighted by atomic mass is 35.5. The molecule has 5 rings (SSSR count). The average molecular weight is 426 g/mol. The third-order valence-electron chi connectivity index (χ3n) is 6.78. The molecule has 8 heteroatoms. The van der Waals surface area contributed by atoms with Gasteiger partial charge in [0, 0.05) is 19.1 Å². The molecular weight excluding hydrogens is 398 g/mol. The Morgan fingerprint density at radius 3 is 2.73 bits per heavy atom. The normalized spacial score (nSPS) is 21.0. The van der Waals surface area contributed by atoms with E-state index in [1.165, 1.54) is 32.1 Å². The van der Waals surface area contributed by atoms with Gasteiger partial charge in [0.25, 0.3) is 0 Å². The lowest BCUT2D eigenvalue weighted by molar-refractivity contribution is 0.142. The van der Waals surface area contributed by atoms with Crippen molar-refractivity contribution in [3.8, 4) is 6.07 Å². The van der Waals surface area contributed by atoms with Gasteiger partial charge in [0.05, 0.1) is 34.2 Å². The number of halogens is 1. The van der Waals surface area contributed by atoms with Gasteiger partial charge in [0.1, 0.15) is 5.82 Å². The van der Waals surface area contributed by atoms with Crippen LogP contribution in [0.4, 0.5) is 23.1 Å². The Morgan fingerprint density at radius 1 is 1.23 bits per heavy atom. The summed E-state index contributed by atoms with van der Waals surface area (Å²) < 4.78 is 0. The Kier molecular flexibility index (Phi) is 5.00. The van der Waals surface area contributed by atoms with Crippen molar-refractivity contribution in [1.29, 1.82) is 5.26 Å². The number of nitriles is 1. The predicted molar refractivity (Wildman–Crippen MR) is 121 cm³/mol. The molecule has 1 spiro atoms. The molecule has 0 atom stereocenters. The topological polar surface area (TPSA) is 83.0 Å². The lowest BCUT2D eigenvalue weighted by atomic mass is 9.78. The summed E-state index contributed by atoms with van der Waals surface area (Å²) in [5.41, 5.74) is 2.62. The lowest BCUT2D eigenvalue weighted by Crippen LogP contribution is -2.39. The summed E-state index contributed by atoms with van der Waals surface area (Å²) in [5.74, 6) is 1.52. The lowest BCUT2D eigenvalue weighted by Gasteiger charge is -2.38. The molecule has 1 aliphatic carbocycles. The molecule has 0 unspecified atom stereocenters. The van der Waals surface area contributed by atoms with Crippen molar-refractivity contribution >= 4 is 34.7 Å². The molecule has 3 fully saturated rings. The van der Waals surface area contributed by atoms with Gasteiger partial charge in [-0.05, 0) is 69.8 Å². The third-order valence-corrected chi connectivity index (χ3v) is 7.17. The van der Waals surface area contributed by atoms with Gasteiger partial charge in [-0.25, -0.2) is 4.98 Å². The molecular formula is C22H28ClN7. The van der Waals surface area contributed by atoms with Gasteiger partial charge in [-0.15, -0.1) is 0 Å². The molecule has 0 bridgehead atoms. The monoisotopic (exact) mass is 425 g/mol. The van der Waals surface area contributed by atoms with E-state index in [4.69, 9.17) is 11.6 Å². The van der Waals surface area contributed by atoms with E-state index in [0.717, 1.165) is 37.7 Å². The number of rotatable bonds is 5. The zero-order chi connectivity index (χ0) is 20.7. The van der Waals surface area contributed by atoms with Crippen molar-refractivity contribution in [1.82, 2.24) is 14.9 Å². The number of piperidine rings is 1. The number of benzene rings is 1. The van der Waals surface area contributed by atoms with Gasteiger partial charge < -0.3 is 25.4 Å². The van der Waals surface area contributed by atoms with Crippen LogP contribution in [-0.2, 0) is 0 Å². The number of hydrogen-bond donors (Lipinski definition) is 3. The second-order valence-electron chi connectivity index (χ2n) is 9.13. The van der Waals surface area contributed by atoms with Gasteiger partial charge >= 0.3 is 0 Å². The summed E-state index contributed by atoms with van der Waals surface area (Å²) in [6.45, 7) is 4.30. The number of nitrogens with zero attached hydrogens (tertiary/aromatic N) is 4. The van der Waals surface area contributed by atoms with Gasteiger partial charge in [0.15, 0.2) is 0 Å². The van der Waals surface area contributed by atoms with Crippen molar-refractivity contribution in [3.63, 3.8) is 0 Å². The van der Waals surface area contributed by atoms with Gasteiger partial charge in [0.2, 0.25) is 5.95 Å². The van der Waals surface area contributed by atoms with E-state index in [-0.39, 0.29) is 0 Å². The number of hydrogen-bond acceptors (Lipinski definition) is 6. The Morgan fingerprint density at radius 2 is 2.00 bits per heavy atom. The van der Waals surface area contributed by atoms with Crippen LogP contribution in [0.15, 0.2) is 18.3 Å². The minimum Gasteiger partial charge on any atom is -0.370 e. The maximum atomic E-state index is 9.59. The predicted octanol–water partition coefficient (Wildman–Crippen LogP) is 4.17. The van der Waals surface area contributed by atoms with Gasteiger partial charge in [-0.3, -0.25) is 0 Å². The molecule has 3 N–H and O–H groups in total. The van der Waals surface area contributed by atoms with Crippen molar-refractivity contribution in [2.24, 2.45) is 5.41 Å². The number of imidazole rings is 1. The van der Waals surface area contributed by atoms with Crippen LogP contribution in [0.25, 0.3) is 0 Å². The van der Waals surface area contributed by atoms with E-state index in [1.807, 2.05) is 6.07 Å². The van der Waals surface area contributed by atoms with E-state index in [0.29, 0.717) is 33.7 Å². The van der Waals surface area contributed by atoms with Crippen LogP contribution >= 0.6 is 11.6 Å². The molecule has 2 aromatic rings. The molecule has 1 aromatic heterocycles. The molecule has 7 nitrogen and oxygen atoms in total. The molecule has 3 aliphatic rings. The highest BCUT2D eigenvalue weighted by Crippen LogP contribution is 2.45. The Bertz CT molecular complexity index is 966. The van der Waals surface area contributed by atoms with Crippen molar-refractivity contribution in [2.75, 3.05) is 48.8 Å². The number of aromatic nitrogens is 2. The van der Waals surface area contributed by atoms with Gasteiger partial charge in [-0.2, -0.15) is 5.26 Å². The summed E-state index contributed by atoms with van der Waals surface area (Å²) in [7, 11) is 2.20. The molecule has 30 heavy (non-hydrogen) atoms. The Labute approximate surface area is 182 Å². The number of anilines is 4. The van der Waals surface area contributed by atoms with Gasteiger partial charge in [-0.1, -0.05) is 11.6 Å². The summed E-state index contributed by atoms with van der Waals surface area (Å²) in [6.07, 6.45) is 7.83. The highest BCUT2D eigenvalue weighted by Gasteiger charge is 2.40. The first-order valence-corrected chi connectivity index (χ1v) is 11.2. The summed E-state index contributed by atoms with van der Waals surface area (Å²) in [4.78, 5) is 12.4. The Balaban J connectivity index is 1.37. The first-order chi connectivity index (χ1) is 14.5. The fraction of sp³-hybridized carbons (Fsp3) is 0.545. The maximum Gasteiger partial charge on any atom is 0.206 e. The van der Waals surface area contributed by atoms with Crippen LogP contribution in [-0.4, -0.2) is 54.1 Å². The molecule has 0 radical (unpaired) electrons. The smallest absolute Gasteiger partial charge is 0.206 e. The van der Waals surface area contributed by atoms with E-state index >= 15 is 0 Å². The number of aromatic amines is 1. The van der Waals surface area contributed by atoms with Crippen LogP contribution in [0.3, 0.4) is 0 Å². The van der Waals surface area contributed by atoms with Crippen LogP contribution in [0.2, 0.25) is 5.02 Å². The summed E-state index contributed by atoms with van der Waals surface area (Å²) in [5, 5.41) is 16.9. The second-order valence-corrected chi connectivity index (χ2v) is 9.51. The molecule has 158 valence electrons. The van der Waals surface area contributed by atoms with Crippen molar-refractivity contribution in [2.45, 2.75) is 38.1 Å². The fourth-order valence-corrected chi connectivity index (χ4v) is 4.95. The first kappa shape index (κ1) is 19.5. The quantitative estimate of drug-likeness (QED) is 0.666. The molecule has 1 saturated carbocycles. The van der Waals surface area contributed by atoms with Crippen molar-refractivity contribution in [3.05, 3.63) is 28.9 Å². The number of nitrogens with one attached hydrogen (secondary N) is 3. The van der Waals surface area contributed by atoms with E-state index in [9.17, 15) is 5.26 Å². The standard InChI is InChI=1S/C22H28ClN7/c1-29-7-4-22(5-8-29)6-9-30(14-22)18-11-15(12-24)10-17(20(18)23)27-21-25-13-19(28-21)26-16-2-3-16/h10-11,13,16,26H,2-9,14H2,1H3,(H2,25,27,28). The minimum absolute atomic E-state index is 0.371. The number of likely N-dealkylation sites (tertiary alicyclic amines) is 1. The maximum absolute atomic E-state index is 9.59. The van der Waals surface area contributed by atoms with Crippen LogP contribution in [0.1, 0.15) is 37.7 Å². The first-order valence-electron chi connectivity index (χ1n) is 10.8.